The Morgan fingerprint density at radius 3 is 2.25 bits per heavy atom. The molecule has 114 valence electrons. The number of nitrogens with zero attached hydrogens (tertiary/aromatic N) is 1. The van der Waals surface area contributed by atoms with Gasteiger partial charge in [0.05, 0.1) is 0 Å². The molecule has 0 spiro atoms. The predicted molar refractivity (Wildman–Crippen MR) is 84.4 cm³/mol. The van der Waals surface area contributed by atoms with Gasteiger partial charge < -0.3 is 0 Å². The summed E-state index contributed by atoms with van der Waals surface area (Å²) in [7, 11) is 0. The van der Waals surface area contributed by atoms with Crippen molar-refractivity contribution >= 4 is 0 Å². The summed E-state index contributed by atoms with van der Waals surface area (Å²) in [5, 5.41) is 0. The van der Waals surface area contributed by atoms with Crippen molar-refractivity contribution in [2.24, 2.45) is 0 Å². The van der Waals surface area contributed by atoms with Gasteiger partial charge in [0, 0.05) is 11.1 Å². The Balaban J connectivity index is 2.65. The van der Waals surface area contributed by atoms with Crippen molar-refractivity contribution in [1.82, 2.24) is 4.98 Å². The highest BCUT2D eigenvalue weighted by Crippen LogP contribution is 2.34. The van der Waals surface area contributed by atoms with Crippen molar-refractivity contribution in [1.29, 1.82) is 0 Å². The molecule has 0 saturated heterocycles. The molecule has 0 N–H and O–H groups in total. The minimum absolute atomic E-state index is 0.0321. The summed E-state index contributed by atoms with van der Waals surface area (Å²) in [5.41, 5.74) is 0.964. The quantitative estimate of drug-likeness (QED) is 0.376. The molecule has 1 heterocycles. The van der Waals surface area contributed by atoms with Crippen LogP contribution in [0.2, 0.25) is 0 Å². The predicted octanol–water partition coefficient (Wildman–Crippen LogP) is 6.03. The lowest BCUT2D eigenvalue weighted by atomic mass is 9.77. The lowest BCUT2D eigenvalue weighted by molar-refractivity contribution is 0.354. The first-order chi connectivity index (χ1) is 9.62. The summed E-state index contributed by atoms with van der Waals surface area (Å²) < 4.78 is 13.4. The van der Waals surface area contributed by atoms with Crippen LogP contribution in [0.15, 0.2) is 18.2 Å². The normalized spacial score (nSPS) is 14.2. The van der Waals surface area contributed by atoms with Crippen LogP contribution in [-0.4, -0.2) is 4.98 Å². The van der Waals surface area contributed by atoms with Gasteiger partial charge in [-0.3, -0.25) is 0 Å². The molecular formula is C18H30FN. The maximum absolute atomic E-state index is 13.4. The zero-order chi connectivity index (χ0) is 14.8. The largest absolute Gasteiger partial charge is 0.224 e. The van der Waals surface area contributed by atoms with Crippen LogP contribution >= 0.6 is 0 Å². The molecule has 20 heavy (non-hydrogen) atoms. The van der Waals surface area contributed by atoms with Crippen molar-refractivity contribution in [3.63, 3.8) is 0 Å². The topological polar surface area (TPSA) is 12.9 Å². The van der Waals surface area contributed by atoms with Gasteiger partial charge in [0.25, 0.3) is 0 Å². The third-order valence-corrected chi connectivity index (χ3v) is 4.25. The fourth-order valence-electron chi connectivity index (χ4n) is 2.81. The average Bonchev–Trinajstić information content (AvgIpc) is 2.45. The number of halogens is 1. The molecule has 0 aliphatic rings. The van der Waals surface area contributed by atoms with Crippen molar-refractivity contribution in [2.75, 3.05) is 0 Å². The lowest BCUT2D eigenvalue weighted by Crippen LogP contribution is -2.24. The highest BCUT2D eigenvalue weighted by Gasteiger charge is 2.27. The van der Waals surface area contributed by atoms with E-state index in [0.717, 1.165) is 18.5 Å². The van der Waals surface area contributed by atoms with E-state index in [0.29, 0.717) is 0 Å². The van der Waals surface area contributed by atoms with E-state index in [2.05, 4.69) is 25.8 Å². The van der Waals surface area contributed by atoms with Crippen LogP contribution in [0.4, 0.5) is 4.39 Å². The summed E-state index contributed by atoms with van der Waals surface area (Å²) in [6, 6.07) is 5.22. The van der Waals surface area contributed by atoms with Gasteiger partial charge in [-0.1, -0.05) is 71.8 Å². The second-order valence-electron chi connectivity index (χ2n) is 6.17. The van der Waals surface area contributed by atoms with Gasteiger partial charge in [0.2, 0.25) is 5.95 Å². The SMILES string of the molecule is CCCCCCCC(C)(CCCC)c1cccc(F)n1. The average molecular weight is 279 g/mol. The molecular weight excluding hydrogens is 249 g/mol. The van der Waals surface area contributed by atoms with Gasteiger partial charge >= 0.3 is 0 Å². The Labute approximate surface area is 124 Å². The zero-order valence-corrected chi connectivity index (χ0v) is 13.4. The molecule has 1 unspecified atom stereocenters. The molecule has 0 aliphatic heterocycles. The fraction of sp³-hybridized carbons (Fsp3) is 0.722. The van der Waals surface area contributed by atoms with Gasteiger partial charge in [0.1, 0.15) is 0 Å². The van der Waals surface area contributed by atoms with Crippen LogP contribution < -0.4 is 0 Å². The lowest BCUT2D eigenvalue weighted by Gasteiger charge is -2.29. The number of aromatic nitrogens is 1. The van der Waals surface area contributed by atoms with Gasteiger partial charge in [-0.05, 0) is 25.0 Å². The molecule has 2 heteroatoms. The van der Waals surface area contributed by atoms with E-state index >= 15 is 0 Å². The van der Waals surface area contributed by atoms with E-state index in [1.807, 2.05) is 6.07 Å². The first-order valence-electron chi connectivity index (χ1n) is 8.25. The monoisotopic (exact) mass is 279 g/mol. The number of hydrogen-bond acceptors (Lipinski definition) is 1. The molecule has 0 saturated carbocycles. The van der Waals surface area contributed by atoms with Crippen LogP contribution in [0, 0.1) is 5.95 Å². The summed E-state index contributed by atoms with van der Waals surface area (Å²) in [6.45, 7) is 6.70. The highest BCUT2D eigenvalue weighted by molar-refractivity contribution is 5.16. The molecule has 0 bridgehead atoms. The zero-order valence-electron chi connectivity index (χ0n) is 13.4. The van der Waals surface area contributed by atoms with Crippen molar-refractivity contribution in [3.8, 4) is 0 Å². The van der Waals surface area contributed by atoms with E-state index in [1.54, 1.807) is 6.07 Å². The van der Waals surface area contributed by atoms with Crippen LogP contribution in [0.25, 0.3) is 0 Å². The highest BCUT2D eigenvalue weighted by atomic mass is 19.1. The summed E-state index contributed by atoms with van der Waals surface area (Å²) in [6.07, 6.45) is 11.0. The summed E-state index contributed by atoms with van der Waals surface area (Å²) in [4.78, 5) is 4.15. The molecule has 1 atom stereocenters. The minimum Gasteiger partial charge on any atom is -0.224 e. The van der Waals surface area contributed by atoms with Crippen LogP contribution in [0.3, 0.4) is 0 Å². The molecule has 0 fully saturated rings. The van der Waals surface area contributed by atoms with E-state index in [4.69, 9.17) is 0 Å². The van der Waals surface area contributed by atoms with Crippen LogP contribution in [-0.2, 0) is 5.41 Å². The molecule has 0 aliphatic carbocycles. The molecule has 1 nitrogen and oxygen atoms in total. The molecule has 1 aromatic rings. The van der Waals surface area contributed by atoms with E-state index in [-0.39, 0.29) is 11.4 Å². The van der Waals surface area contributed by atoms with Crippen LogP contribution in [0.5, 0.6) is 0 Å². The van der Waals surface area contributed by atoms with E-state index in [9.17, 15) is 4.39 Å². The third-order valence-electron chi connectivity index (χ3n) is 4.25. The van der Waals surface area contributed by atoms with Gasteiger partial charge in [-0.25, -0.2) is 4.98 Å². The van der Waals surface area contributed by atoms with Gasteiger partial charge in [-0.15, -0.1) is 0 Å². The van der Waals surface area contributed by atoms with Crippen LogP contribution in [0.1, 0.15) is 84.3 Å². The second kappa shape index (κ2) is 9.10. The van der Waals surface area contributed by atoms with E-state index in [1.165, 1.54) is 51.0 Å². The summed E-state index contributed by atoms with van der Waals surface area (Å²) in [5.74, 6) is -0.351. The van der Waals surface area contributed by atoms with Gasteiger partial charge in [0.15, 0.2) is 0 Å². The molecule has 1 aromatic heterocycles. The summed E-state index contributed by atoms with van der Waals surface area (Å²) >= 11 is 0. The molecule has 0 amide bonds. The fourth-order valence-corrected chi connectivity index (χ4v) is 2.81. The Morgan fingerprint density at radius 2 is 1.60 bits per heavy atom. The number of rotatable bonds is 10. The molecule has 0 aromatic carbocycles. The number of pyridine rings is 1. The smallest absolute Gasteiger partial charge is 0.213 e. The van der Waals surface area contributed by atoms with Crippen molar-refractivity contribution < 1.29 is 4.39 Å². The first kappa shape index (κ1) is 17.1. The third kappa shape index (κ3) is 5.60. The number of hydrogen-bond donors (Lipinski definition) is 0. The maximum Gasteiger partial charge on any atom is 0.213 e. The van der Waals surface area contributed by atoms with Crippen molar-refractivity contribution in [3.05, 3.63) is 29.8 Å². The molecule has 0 radical (unpaired) electrons. The Kier molecular flexibility index (Phi) is 7.79. The van der Waals surface area contributed by atoms with Crippen molar-refractivity contribution in [2.45, 2.75) is 84.0 Å². The second-order valence-corrected chi connectivity index (χ2v) is 6.17. The van der Waals surface area contributed by atoms with Gasteiger partial charge in [-0.2, -0.15) is 4.39 Å². The Morgan fingerprint density at radius 1 is 0.950 bits per heavy atom. The standard InChI is InChI=1S/C18H30FN/c1-4-6-8-9-10-15-18(3,14-7-5-2)16-12-11-13-17(19)20-16/h11-13H,4-10,14-15H2,1-3H3. The maximum atomic E-state index is 13.4. The molecule has 1 rings (SSSR count). The number of unbranched alkanes of at least 4 members (excludes halogenated alkanes) is 5. The minimum atomic E-state index is -0.351. The Hall–Kier alpha value is -0.920. The first-order valence-corrected chi connectivity index (χ1v) is 8.25. The Bertz CT molecular complexity index is 377. The van der Waals surface area contributed by atoms with E-state index < -0.39 is 0 Å².